The predicted molar refractivity (Wildman–Crippen MR) is 151 cm³/mol. The van der Waals surface area contributed by atoms with Crippen LogP contribution in [0.1, 0.15) is 120 Å². The third-order valence-corrected chi connectivity index (χ3v) is 13.4. The summed E-state index contributed by atoms with van der Waals surface area (Å²) >= 11 is 0. The quantitative estimate of drug-likeness (QED) is 0.358. The summed E-state index contributed by atoms with van der Waals surface area (Å²) in [5.74, 6) is 0.785. The summed E-state index contributed by atoms with van der Waals surface area (Å²) in [7, 11) is -2.88. The minimum atomic E-state index is -2.88. The summed E-state index contributed by atoms with van der Waals surface area (Å²) in [6, 6.07) is 7.88. The van der Waals surface area contributed by atoms with Crippen LogP contribution in [0.2, 0.25) is 10.1 Å². The van der Waals surface area contributed by atoms with E-state index in [1.165, 1.54) is 0 Å². The van der Waals surface area contributed by atoms with Gasteiger partial charge in [-0.15, -0.1) is 0 Å². The van der Waals surface area contributed by atoms with E-state index in [4.69, 9.17) is 27.2 Å². The van der Waals surface area contributed by atoms with Gasteiger partial charge in [-0.25, -0.2) is 0 Å². The summed E-state index contributed by atoms with van der Waals surface area (Å²) in [4.78, 5) is 0. The molecular formula is C31H50O6Si. The molecule has 4 rings (SSSR count). The van der Waals surface area contributed by atoms with Crippen molar-refractivity contribution in [1.29, 1.82) is 0 Å². The Kier molecular flexibility index (Phi) is 7.49. The van der Waals surface area contributed by atoms with Crippen LogP contribution in [-0.2, 0) is 18.3 Å². The lowest BCUT2D eigenvalue weighted by atomic mass is 9.69. The van der Waals surface area contributed by atoms with Crippen LogP contribution in [0.4, 0.5) is 0 Å². The molecule has 0 spiro atoms. The molecule has 0 aromatic carbocycles. The smallest absolute Gasteiger partial charge is 0.350 e. The van der Waals surface area contributed by atoms with Crippen LogP contribution < -0.4 is 0 Å². The molecule has 0 amide bonds. The molecule has 2 fully saturated rings. The molecule has 2 aromatic heterocycles. The highest BCUT2D eigenvalue weighted by Gasteiger charge is 2.65. The zero-order valence-electron chi connectivity index (χ0n) is 25.6. The highest BCUT2D eigenvalue weighted by atomic mass is 28.4. The Morgan fingerprint density at radius 2 is 1.11 bits per heavy atom. The van der Waals surface area contributed by atoms with E-state index >= 15 is 0 Å². The van der Waals surface area contributed by atoms with Crippen LogP contribution >= 0.6 is 0 Å². The largest absolute Gasteiger partial charge is 0.467 e. The zero-order chi connectivity index (χ0) is 28.4. The molecule has 0 unspecified atom stereocenters. The van der Waals surface area contributed by atoms with Crippen LogP contribution in [0.5, 0.6) is 0 Å². The lowest BCUT2D eigenvalue weighted by molar-refractivity contribution is -0.407. The van der Waals surface area contributed by atoms with Crippen LogP contribution in [0.3, 0.4) is 0 Å². The van der Waals surface area contributed by atoms with E-state index in [-0.39, 0.29) is 45.3 Å². The second-order valence-corrected chi connectivity index (χ2v) is 20.0. The Morgan fingerprint density at radius 1 is 0.632 bits per heavy atom. The van der Waals surface area contributed by atoms with Crippen LogP contribution in [0.25, 0.3) is 0 Å². The van der Waals surface area contributed by atoms with E-state index in [0.29, 0.717) is 12.8 Å². The Bertz CT molecular complexity index is 932. The van der Waals surface area contributed by atoms with Crippen molar-refractivity contribution in [3.05, 3.63) is 48.3 Å². The van der Waals surface area contributed by atoms with E-state index in [9.17, 15) is 0 Å². The number of rotatable bonds is 3. The average Bonchev–Trinajstić information content (AvgIpc) is 3.50. The summed E-state index contributed by atoms with van der Waals surface area (Å²) in [5, 5.41) is -0.378. The Morgan fingerprint density at radius 3 is 1.53 bits per heavy atom. The van der Waals surface area contributed by atoms with Crippen molar-refractivity contribution in [2.45, 2.75) is 136 Å². The highest BCUT2D eigenvalue weighted by Crippen LogP contribution is 2.60. The summed E-state index contributed by atoms with van der Waals surface area (Å²) in [6.07, 6.45) is 3.84. The van der Waals surface area contributed by atoms with Crippen molar-refractivity contribution in [3.63, 3.8) is 0 Å². The van der Waals surface area contributed by atoms with Gasteiger partial charge in [-0.05, 0) is 24.3 Å². The molecule has 4 heterocycles. The van der Waals surface area contributed by atoms with Crippen molar-refractivity contribution >= 4 is 8.56 Å². The van der Waals surface area contributed by atoms with Gasteiger partial charge in [-0.2, -0.15) is 0 Å². The fourth-order valence-electron chi connectivity index (χ4n) is 6.91. The lowest BCUT2D eigenvalue weighted by Gasteiger charge is -2.60. The fourth-order valence-corrected chi connectivity index (χ4v) is 11.9. The van der Waals surface area contributed by atoms with Gasteiger partial charge in [0.05, 0.1) is 24.7 Å². The molecular weight excluding hydrogens is 496 g/mol. The molecule has 4 atom stereocenters. The molecule has 2 saturated heterocycles. The first-order chi connectivity index (χ1) is 17.3. The van der Waals surface area contributed by atoms with E-state index in [1.807, 2.05) is 24.3 Å². The molecule has 0 aliphatic carbocycles. The standard InChI is InChI=1S/C31H50O6Si/c1-27(2,3)31(28(4,5)6)34-23(21-15-13-17-32-21)19-24(35-31)26-20-25(22-16-14-18-33-22)36-38(37-26,29(7,8)9)30(10,11)12/h13-18,23-26H,19-20H2,1-12H3/t23-,24+,25-,26+/m1/s1. The molecule has 2 aliphatic rings. The van der Waals surface area contributed by atoms with Crippen LogP contribution in [0.15, 0.2) is 45.6 Å². The molecule has 0 saturated carbocycles. The molecule has 38 heavy (non-hydrogen) atoms. The molecule has 214 valence electrons. The van der Waals surface area contributed by atoms with Crippen molar-refractivity contribution in [2.24, 2.45) is 10.8 Å². The van der Waals surface area contributed by atoms with E-state index in [1.54, 1.807) is 12.5 Å². The van der Waals surface area contributed by atoms with Gasteiger partial charge in [-0.1, -0.05) is 83.1 Å². The van der Waals surface area contributed by atoms with Gasteiger partial charge in [-0.3, -0.25) is 0 Å². The van der Waals surface area contributed by atoms with Gasteiger partial charge in [0.2, 0.25) is 0 Å². The molecule has 0 N–H and O–H groups in total. The first-order valence-corrected chi connectivity index (χ1v) is 15.9. The van der Waals surface area contributed by atoms with Gasteiger partial charge in [0, 0.05) is 33.7 Å². The topological polar surface area (TPSA) is 63.2 Å². The van der Waals surface area contributed by atoms with Crippen LogP contribution in [-0.4, -0.2) is 26.6 Å². The SMILES string of the molecule is CC(C)(C)C1(C(C)(C)C)O[C@H]([C@@H]2C[C@H](c3ccco3)O[Si](C(C)(C)C)(C(C)(C)C)O2)C[C@H](c2ccco2)O1. The minimum absolute atomic E-state index is 0.189. The second kappa shape index (κ2) is 9.62. The molecule has 0 bridgehead atoms. The van der Waals surface area contributed by atoms with Crippen LogP contribution in [0, 0.1) is 10.8 Å². The number of furan rings is 2. The Hall–Kier alpha value is -1.38. The molecule has 0 radical (unpaired) electrons. The fraction of sp³-hybridized carbons (Fsp3) is 0.742. The Labute approximate surface area is 231 Å². The van der Waals surface area contributed by atoms with Gasteiger partial charge in [0.15, 0.2) is 5.79 Å². The number of hydrogen-bond donors (Lipinski definition) is 0. The van der Waals surface area contributed by atoms with Gasteiger partial charge in [0.25, 0.3) is 0 Å². The Balaban J connectivity index is 1.84. The van der Waals surface area contributed by atoms with Crippen molar-refractivity contribution < 1.29 is 27.2 Å². The molecule has 2 aromatic rings. The number of hydrogen-bond acceptors (Lipinski definition) is 6. The normalized spacial score (nSPS) is 28.8. The van der Waals surface area contributed by atoms with E-state index < -0.39 is 14.3 Å². The highest BCUT2D eigenvalue weighted by molar-refractivity contribution is 6.73. The maximum Gasteiger partial charge on any atom is 0.350 e. The lowest BCUT2D eigenvalue weighted by Crippen LogP contribution is -2.67. The maximum absolute atomic E-state index is 7.32. The molecule has 6 nitrogen and oxygen atoms in total. The van der Waals surface area contributed by atoms with Crippen molar-refractivity contribution in [1.82, 2.24) is 0 Å². The van der Waals surface area contributed by atoms with E-state index in [0.717, 1.165) is 11.5 Å². The third kappa shape index (κ3) is 4.98. The minimum Gasteiger partial charge on any atom is -0.467 e. The number of ether oxygens (including phenoxy) is 2. The zero-order valence-corrected chi connectivity index (χ0v) is 26.6. The predicted octanol–water partition coefficient (Wildman–Crippen LogP) is 9.10. The molecule has 7 heteroatoms. The summed E-state index contributed by atoms with van der Waals surface area (Å²) in [5.41, 5.74) is -0.633. The first-order valence-electron chi connectivity index (χ1n) is 14.1. The van der Waals surface area contributed by atoms with Gasteiger partial charge in [0.1, 0.15) is 23.7 Å². The molecule has 2 aliphatic heterocycles. The average molecular weight is 547 g/mol. The monoisotopic (exact) mass is 546 g/mol. The summed E-state index contributed by atoms with van der Waals surface area (Å²) < 4.78 is 40.4. The van der Waals surface area contributed by atoms with Crippen molar-refractivity contribution in [2.75, 3.05) is 0 Å². The summed E-state index contributed by atoms with van der Waals surface area (Å²) in [6.45, 7) is 26.6. The van der Waals surface area contributed by atoms with Gasteiger partial charge >= 0.3 is 8.56 Å². The van der Waals surface area contributed by atoms with Gasteiger partial charge < -0.3 is 27.2 Å². The maximum atomic E-state index is 7.32. The second-order valence-electron chi connectivity index (χ2n) is 15.3. The first kappa shape index (κ1) is 29.6. The van der Waals surface area contributed by atoms with E-state index in [2.05, 4.69) is 83.1 Å². The van der Waals surface area contributed by atoms with Crippen molar-refractivity contribution in [3.8, 4) is 0 Å². The third-order valence-electron chi connectivity index (χ3n) is 8.23.